The Morgan fingerprint density at radius 1 is 1.28 bits per heavy atom. The van der Waals surface area contributed by atoms with Gasteiger partial charge in [0.05, 0.1) is 11.9 Å². The number of imidazole rings is 2. The van der Waals surface area contributed by atoms with Gasteiger partial charge in [-0.25, -0.2) is 15.0 Å². The summed E-state index contributed by atoms with van der Waals surface area (Å²) >= 11 is 1.60. The van der Waals surface area contributed by atoms with E-state index in [1.54, 1.807) is 11.3 Å². The zero-order valence-corrected chi connectivity index (χ0v) is 15.5. The van der Waals surface area contributed by atoms with Crippen molar-refractivity contribution in [3.05, 3.63) is 40.5 Å². The molecule has 25 heavy (non-hydrogen) atoms. The zero-order chi connectivity index (χ0) is 17.4. The van der Waals surface area contributed by atoms with Gasteiger partial charge in [0, 0.05) is 42.8 Å². The van der Waals surface area contributed by atoms with Gasteiger partial charge in [-0.1, -0.05) is 13.8 Å². The van der Waals surface area contributed by atoms with Gasteiger partial charge in [0.25, 0.3) is 0 Å². The molecule has 1 atom stereocenters. The predicted octanol–water partition coefficient (Wildman–Crippen LogP) is 1.42. The highest BCUT2D eigenvalue weighted by Gasteiger charge is 2.17. The molecular formula is C18H22N6S. The van der Waals surface area contributed by atoms with Crippen LogP contribution in [0.2, 0.25) is 0 Å². The van der Waals surface area contributed by atoms with Crippen LogP contribution in [0.1, 0.15) is 26.6 Å². The van der Waals surface area contributed by atoms with Gasteiger partial charge in [-0.3, -0.25) is 0 Å². The topological polar surface area (TPSA) is 60.6 Å². The highest BCUT2D eigenvalue weighted by atomic mass is 32.1. The summed E-state index contributed by atoms with van der Waals surface area (Å²) in [6, 6.07) is 0.349. The second kappa shape index (κ2) is 6.48. The molecule has 0 saturated heterocycles. The van der Waals surface area contributed by atoms with Gasteiger partial charge in [-0.05, 0) is 18.9 Å². The zero-order valence-electron chi connectivity index (χ0n) is 14.7. The van der Waals surface area contributed by atoms with Gasteiger partial charge < -0.3 is 14.5 Å². The first-order valence-corrected chi connectivity index (χ1v) is 9.50. The van der Waals surface area contributed by atoms with Crippen molar-refractivity contribution >= 4 is 23.6 Å². The minimum atomic E-state index is 0.349. The largest absolute Gasteiger partial charge is 0.383 e. The van der Waals surface area contributed by atoms with Crippen molar-refractivity contribution in [2.75, 3.05) is 0 Å². The number of aromatic nitrogens is 5. The summed E-state index contributed by atoms with van der Waals surface area (Å²) in [4.78, 5) is 13.7. The van der Waals surface area contributed by atoms with Crippen LogP contribution in [0.25, 0.3) is 23.1 Å². The highest BCUT2D eigenvalue weighted by Crippen LogP contribution is 2.20. The maximum Gasteiger partial charge on any atom is 0.169 e. The minimum absolute atomic E-state index is 0.349. The van der Waals surface area contributed by atoms with Crippen LogP contribution in [0.4, 0.5) is 0 Å². The lowest BCUT2D eigenvalue weighted by atomic mass is 10.0. The molecule has 0 aromatic carbocycles. The van der Waals surface area contributed by atoms with Crippen molar-refractivity contribution in [2.45, 2.75) is 39.9 Å². The van der Waals surface area contributed by atoms with Gasteiger partial charge in [0.1, 0.15) is 11.2 Å². The van der Waals surface area contributed by atoms with Crippen molar-refractivity contribution in [1.82, 2.24) is 29.4 Å². The third-order valence-corrected chi connectivity index (χ3v) is 5.32. The smallest absolute Gasteiger partial charge is 0.169 e. The van der Waals surface area contributed by atoms with E-state index in [1.807, 2.05) is 30.2 Å². The molecule has 0 bridgehead atoms. The van der Waals surface area contributed by atoms with Crippen molar-refractivity contribution < 1.29 is 0 Å². The van der Waals surface area contributed by atoms with E-state index in [0.717, 1.165) is 28.6 Å². The molecule has 4 heterocycles. The Morgan fingerprint density at radius 2 is 2.16 bits per heavy atom. The first-order chi connectivity index (χ1) is 12.2. The molecule has 0 amide bonds. The molecule has 0 fully saturated rings. The maximum absolute atomic E-state index is 4.86. The molecule has 3 aromatic heterocycles. The van der Waals surface area contributed by atoms with Crippen molar-refractivity contribution in [2.24, 2.45) is 5.92 Å². The molecule has 0 spiro atoms. The van der Waals surface area contributed by atoms with E-state index >= 15 is 0 Å². The molecule has 4 rings (SSSR count). The lowest BCUT2D eigenvalue weighted by Crippen LogP contribution is -2.43. The van der Waals surface area contributed by atoms with Crippen molar-refractivity contribution in [3.8, 4) is 10.8 Å². The van der Waals surface area contributed by atoms with Gasteiger partial charge in [0.2, 0.25) is 0 Å². The predicted molar refractivity (Wildman–Crippen MR) is 100 cm³/mol. The highest BCUT2D eigenvalue weighted by molar-refractivity contribution is 7.13. The fourth-order valence-corrected chi connectivity index (χ4v) is 3.84. The molecule has 1 unspecified atom stereocenters. The summed E-state index contributed by atoms with van der Waals surface area (Å²) in [5.74, 6) is 2.48. The molecule has 0 radical (unpaired) electrons. The summed E-state index contributed by atoms with van der Waals surface area (Å²) in [6.45, 7) is 8.21. The molecule has 130 valence electrons. The second-order valence-electron chi connectivity index (χ2n) is 6.51. The molecule has 0 saturated carbocycles. The van der Waals surface area contributed by atoms with E-state index in [2.05, 4.69) is 51.3 Å². The van der Waals surface area contributed by atoms with Gasteiger partial charge in [0.15, 0.2) is 10.8 Å². The number of fused-ring (bicyclic) bond motifs is 1. The van der Waals surface area contributed by atoms with Crippen LogP contribution in [0.15, 0.2) is 24.0 Å². The second-order valence-corrected chi connectivity index (χ2v) is 7.40. The van der Waals surface area contributed by atoms with E-state index in [9.17, 15) is 0 Å². The van der Waals surface area contributed by atoms with E-state index < -0.39 is 0 Å². The van der Waals surface area contributed by atoms with Crippen LogP contribution in [0.3, 0.4) is 0 Å². The summed E-state index contributed by atoms with van der Waals surface area (Å²) in [5, 5.41) is 8.59. The quantitative estimate of drug-likeness (QED) is 0.753. The number of rotatable bonds is 5. The molecule has 6 nitrogen and oxygen atoms in total. The van der Waals surface area contributed by atoms with Crippen LogP contribution in [0.5, 0.6) is 0 Å². The number of thiazole rings is 1. The lowest BCUT2D eigenvalue weighted by Gasteiger charge is -2.19. The molecule has 1 N–H and O–H groups in total. The Morgan fingerprint density at radius 3 is 2.88 bits per heavy atom. The standard InChI is InChI=1S/C18H22N6S/c1-4-24-15-9-13(12(2)3)21-10-14(15)22-16(24)11-23-7-5-19-17(23)18-20-6-8-25-18/h5-10,12-13,21H,4,11H2,1-3H3. The van der Waals surface area contributed by atoms with E-state index in [0.29, 0.717) is 18.5 Å². The fourth-order valence-electron chi connectivity index (χ4n) is 3.19. The summed E-state index contributed by atoms with van der Waals surface area (Å²) < 4.78 is 4.42. The molecule has 3 aromatic rings. The Hall–Kier alpha value is -2.41. The van der Waals surface area contributed by atoms with Crippen molar-refractivity contribution in [1.29, 1.82) is 0 Å². The number of hydrogen-bond acceptors (Lipinski definition) is 5. The molecule has 0 aliphatic carbocycles. The molecule has 1 aliphatic rings. The van der Waals surface area contributed by atoms with Gasteiger partial charge in [-0.2, -0.15) is 0 Å². The van der Waals surface area contributed by atoms with Crippen LogP contribution in [-0.4, -0.2) is 30.1 Å². The van der Waals surface area contributed by atoms with E-state index in [-0.39, 0.29) is 0 Å². The Labute approximate surface area is 150 Å². The molecule has 7 heteroatoms. The van der Waals surface area contributed by atoms with Crippen molar-refractivity contribution in [3.63, 3.8) is 0 Å². The van der Waals surface area contributed by atoms with E-state index in [1.165, 1.54) is 5.35 Å². The summed E-state index contributed by atoms with van der Waals surface area (Å²) in [7, 11) is 0. The SMILES string of the molecule is CCn1c(Cn2ccnc2-c2nccs2)nc2c1=CC(C(C)C)NC=2. The lowest BCUT2D eigenvalue weighted by molar-refractivity contribution is 0.540. The Kier molecular flexibility index (Phi) is 4.17. The first-order valence-electron chi connectivity index (χ1n) is 8.62. The molecule has 1 aliphatic heterocycles. The van der Waals surface area contributed by atoms with Gasteiger partial charge in [-0.15, -0.1) is 11.3 Å². The summed E-state index contributed by atoms with van der Waals surface area (Å²) in [6.07, 6.45) is 9.98. The van der Waals surface area contributed by atoms with Crippen LogP contribution >= 0.6 is 11.3 Å². The van der Waals surface area contributed by atoms with Crippen LogP contribution in [-0.2, 0) is 13.1 Å². The fraction of sp³-hybridized carbons (Fsp3) is 0.389. The normalized spacial score (nSPS) is 16.2. The third kappa shape index (κ3) is 2.89. The Balaban J connectivity index is 1.75. The number of nitrogens with one attached hydrogen (secondary N) is 1. The van der Waals surface area contributed by atoms with Crippen LogP contribution < -0.4 is 16.0 Å². The van der Waals surface area contributed by atoms with E-state index in [4.69, 9.17) is 4.98 Å². The minimum Gasteiger partial charge on any atom is -0.383 e. The average molecular weight is 354 g/mol. The van der Waals surface area contributed by atoms with Crippen LogP contribution in [0, 0.1) is 5.92 Å². The molecular weight excluding hydrogens is 332 g/mol. The monoisotopic (exact) mass is 354 g/mol. The Bertz CT molecular complexity index is 980. The summed E-state index contributed by atoms with van der Waals surface area (Å²) in [5.41, 5.74) is 0. The number of hydrogen-bond donors (Lipinski definition) is 1. The van der Waals surface area contributed by atoms with Gasteiger partial charge >= 0.3 is 0 Å². The first kappa shape index (κ1) is 16.1. The number of nitrogens with zero attached hydrogens (tertiary/aromatic N) is 5. The third-order valence-electron chi connectivity index (χ3n) is 4.55. The average Bonchev–Trinajstić information content (AvgIpc) is 3.33. The maximum atomic E-state index is 4.86.